The summed E-state index contributed by atoms with van der Waals surface area (Å²) in [6.07, 6.45) is 2.39. The maximum absolute atomic E-state index is 13.1. The Hall–Kier alpha value is -2.84. The van der Waals surface area contributed by atoms with E-state index in [1.165, 1.54) is 4.31 Å². The normalized spacial score (nSPS) is 13.5. The monoisotopic (exact) mass is 500 g/mol. The average molecular weight is 501 g/mol. The van der Waals surface area contributed by atoms with E-state index in [2.05, 4.69) is 20.9 Å². The van der Waals surface area contributed by atoms with Crippen molar-refractivity contribution in [1.82, 2.24) is 0 Å². The number of methoxy groups -OCH3 is 2. The lowest BCUT2D eigenvalue weighted by Gasteiger charge is -2.19. The number of aliphatic imine (C=N–C) groups is 1. The summed E-state index contributed by atoms with van der Waals surface area (Å²) in [5, 5.41) is 0. The molecule has 0 fully saturated rings. The molecule has 31 heavy (non-hydrogen) atoms. The van der Waals surface area contributed by atoms with E-state index in [-0.39, 0.29) is 4.90 Å². The largest absolute Gasteiger partial charge is 0.496 e. The fourth-order valence-electron chi connectivity index (χ4n) is 3.52. The van der Waals surface area contributed by atoms with Crippen molar-refractivity contribution in [3.05, 3.63) is 76.3 Å². The van der Waals surface area contributed by atoms with Crippen LogP contribution in [0.15, 0.2) is 75.0 Å². The number of rotatable bonds is 6. The number of hydrogen-bond acceptors (Lipinski definition) is 5. The third kappa shape index (κ3) is 4.18. The minimum absolute atomic E-state index is 0.243. The number of benzene rings is 3. The van der Waals surface area contributed by atoms with Crippen molar-refractivity contribution >= 4 is 43.5 Å². The Labute approximate surface area is 190 Å². The molecule has 6 nitrogen and oxygen atoms in total. The maximum Gasteiger partial charge on any atom is 0.264 e. The molecule has 0 unspecified atom stereocenters. The summed E-state index contributed by atoms with van der Waals surface area (Å²) >= 11 is 3.46. The van der Waals surface area contributed by atoms with Crippen molar-refractivity contribution in [3.8, 4) is 11.5 Å². The van der Waals surface area contributed by atoms with E-state index < -0.39 is 10.0 Å². The van der Waals surface area contributed by atoms with E-state index in [1.54, 1.807) is 50.8 Å². The van der Waals surface area contributed by atoms with Crippen molar-refractivity contribution in [2.75, 3.05) is 25.1 Å². The molecule has 0 spiro atoms. The molecule has 0 saturated heterocycles. The Balaban J connectivity index is 1.57. The Morgan fingerprint density at radius 3 is 2.42 bits per heavy atom. The zero-order valence-electron chi connectivity index (χ0n) is 17.1. The first kappa shape index (κ1) is 21.4. The van der Waals surface area contributed by atoms with Crippen molar-refractivity contribution in [1.29, 1.82) is 0 Å². The Morgan fingerprint density at radius 1 is 1.00 bits per heavy atom. The first-order valence-corrected chi connectivity index (χ1v) is 11.8. The number of anilines is 1. The van der Waals surface area contributed by atoms with Gasteiger partial charge < -0.3 is 9.47 Å². The van der Waals surface area contributed by atoms with Crippen LogP contribution in [-0.4, -0.2) is 35.4 Å². The summed E-state index contributed by atoms with van der Waals surface area (Å²) in [5.41, 5.74) is 3.20. The Kier molecular flexibility index (Phi) is 6.02. The lowest BCUT2D eigenvalue weighted by molar-refractivity contribution is 0.392. The molecule has 0 amide bonds. The van der Waals surface area contributed by atoms with Crippen LogP contribution in [0.1, 0.15) is 11.1 Å². The molecule has 0 aromatic heterocycles. The zero-order chi connectivity index (χ0) is 22.0. The molecule has 8 heteroatoms. The van der Waals surface area contributed by atoms with Crippen LogP contribution >= 0.6 is 15.9 Å². The molecule has 0 aliphatic carbocycles. The van der Waals surface area contributed by atoms with Gasteiger partial charge in [-0.1, -0.05) is 18.2 Å². The number of ether oxygens (including phenoxy) is 2. The zero-order valence-corrected chi connectivity index (χ0v) is 19.5. The molecule has 3 aromatic rings. The first-order valence-electron chi connectivity index (χ1n) is 9.60. The second-order valence-electron chi connectivity index (χ2n) is 6.94. The number of hydrogen-bond donors (Lipinski definition) is 0. The van der Waals surface area contributed by atoms with E-state index >= 15 is 0 Å². The summed E-state index contributed by atoms with van der Waals surface area (Å²) in [6.45, 7) is 0.452. The molecule has 1 heterocycles. The fraction of sp³-hybridized carbons (Fsp3) is 0.174. The maximum atomic E-state index is 13.1. The highest BCUT2D eigenvalue weighted by atomic mass is 79.9. The predicted octanol–water partition coefficient (Wildman–Crippen LogP) is 4.97. The van der Waals surface area contributed by atoms with Gasteiger partial charge in [0.05, 0.1) is 35.0 Å². The highest BCUT2D eigenvalue weighted by molar-refractivity contribution is 9.10. The molecular weight excluding hydrogens is 480 g/mol. The van der Waals surface area contributed by atoms with Gasteiger partial charge in [0.2, 0.25) is 0 Å². The minimum Gasteiger partial charge on any atom is -0.496 e. The fourth-order valence-corrected chi connectivity index (χ4v) is 5.54. The van der Waals surface area contributed by atoms with E-state index in [9.17, 15) is 8.42 Å². The quantitative estimate of drug-likeness (QED) is 0.448. The van der Waals surface area contributed by atoms with Gasteiger partial charge in [0.15, 0.2) is 0 Å². The van der Waals surface area contributed by atoms with Crippen LogP contribution < -0.4 is 13.8 Å². The number of sulfonamides is 1. The van der Waals surface area contributed by atoms with Gasteiger partial charge in [-0.3, -0.25) is 9.30 Å². The number of nitrogens with zero attached hydrogens (tertiary/aromatic N) is 2. The summed E-state index contributed by atoms with van der Waals surface area (Å²) < 4.78 is 39.2. The Bertz CT molecular complexity index is 1240. The van der Waals surface area contributed by atoms with Gasteiger partial charge in [0.1, 0.15) is 11.5 Å². The highest BCUT2D eigenvalue weighted by Gasteiger charge is 2.30. The number of halogens is 1. The third-order valence-electron chi connectivity index (χ3n) is 5.13. The number of para-hydroxylation sites is 1. The van der Waals surface area contributed by atoms with Crippen LogP contribution in [0.4, 0.5) is 11.4 Å². The molecule has 0 atom stereocenters. The molecule has 0 bridgehead atoms. The van der Waals surface area contributed by atoms with Crippen LogP contribution in [0.25, 0.3) is 0 Å². The van der Waals surface area contributed by atoms with Crippen LogP contribution in [0.5, 0.6) is 11.5 Å². The SMILES string of the molecule is COc1cc(OC)c(C=Nc2ccc(S(=O)(=O)N3CCc4ccccc43)cc2)cc1Br. The standard InChI is InChI=1S/C23H21BrN2O4S/c1-29-22-14-23(30-2)20(24)13-17(22)15-25-18-7-9-19(10-8-18)31(27,28)26-12-11-16-5-3-4-6-21(16)26/h3-10,13-15H,11-12H2,1-2H3. The smallest absolute Gasteiger partial charge is 0.264 e. The van der Waals surface area contributed by atoms with E-state index in [4.69, 9.17) is 9.47 Å². The molecule has 1 aliphatic heterocycles. The molecule has 3 aromatic carbocycles. The minimum atomic E-state index is -3.62. The van der Waals surface area contributed by atoms with Gasteiger partial charge >= 0.3 is 0 Å². The van der Waals surface area contributed by atoms with Gasteiger partial charge in [-0.25, -0.2) is 8.42 Å². The molecule has 1 aliphatic rings. The number of fused-ring (bicyclic) bond motifs is 1. The summed E-state index contributed by atoms with van der Waals surface area (Å²) in [6, 6.07) is 17.8. The summed E-state index contributed by atoms with van der Waals surface area (Å²) in [7, 11) is -0.452. The third-order valence-corrected chi connectivity index (χ3v) is 7.57. The van der Waals surface area contributed by atoms with Gasteiger partial charge in [-0.15, -0.1) is 0 Å². The van der Waals surface area contributed by atoms with Gasteiger partial charge in [0, 0.05) is 24.4 Å². The molecule has 0 saturated carbocycles. The van der Waals surface area contributed by atoms with Crippen molar-refractivity contribution in [2.24, 2.45) is 4.99 Å². The second-order valence-corrected chi connectivity index (χ2v) is 9.65. The van der Waals surface area contributed by atoms with Crippen molar-refractivity contribution < 1.29 is 17.9 Å². The van der Waals surface area contributed by atoms with E-state index in [0.29, 0.717) is 23.7 Å². The second kappa shape index (κ2) is 8.72. The first-order chi connectivity index (χ1) is 14.9. The predicted molar refractivity (Wildman–Crippen MR) is 126 cm³/mol. The topological polar surface area (TPSA) is 68.2 Å². The summed E-state index contributed by atoms with van der Waals surface area (Å²) in [5.74, 6) is 1.28. The van der Waals surface area contributed by atoms with E-state index in [1.807, 2.05) is 30.3 Å². The van der Waals surface area contributed by atoms with Gasteiger partial charge in [-0.2, -0.15) is 0 Å². The van der Waals surface area contributed by atoms with Crippen molar-refractivity contribution in [2.45, 2.75) is 11.3 Å². The van der Waals surface area contributed by atoms with Crippen molar-refractivity contribution in [3.63, 3.8) is 0 Å². The lowest BCUT2D eigenvalue weighted by atomic mass is 10.2. The van der Waals surface area contributed by atoms with Crippen LogP contribution in [0, 0.1) is 0 Å². The van der Waals surface area contributed by atoms with Crippen LogP contribution in [-0.2, 0) is 16.4 Å². The Morgan fingerprint density at radius 2 is 1.71 bits per heavy atom. The van der Waals surface area contributed by atoms with E-state index in [0.717, 1.165) is 27.7 Å². The molecule has 4 rings (SSSR count). The van der Waals surface area contributed by atoms with Gasteiger partial charge in [-0.05, 0) is 64.3 Å². The average Bonchev–Trinajstić information content (AvgIpc) is 3.23. The van der Waals surface area contributed by atoms with Gasteiger partial charge in [0.25, 0.3) is 10.0 Å². The van der Waals surface area contributed by atoms with Crippen LogP contribution in [0.3, 0.4) is 0 Å². The summed E-state index contributed by atoms with van der Waals surface area (Å²) in [4.78, 5) is 4.71. The molecular formula is C23H21BrN2O4S. The molecule has 0 radical (unpaired) electrons. The highest BCUT2D eigenvalue weighted by Crippen LogP contribution is 2.34. The van der Waals surface area contributed by atoms with Crippen LogP contribution in [0.2, 0.25) is 0 Å². The molecule has 160 valence electrons. The molecule has 0 N–H and O–H groups in total. The lowest BCUT2D eigenvalue weighted by Crippen LogP contribution is -2.29.